The first kappa shape index (κ1) is 19.7. The normalized spacial score (nSPS) is 16.9. The van der Waals surface area contributed by atoms with Gasteiger partial charge in [0.05, 0.1) is 11.5 Å². The highest BCUT2D eigenvalue weighted by molar-refractivity contribution is 6.30. The Hall–Kier alpha value is -1.63. The summed E-state index contributed by atoms with van der Waals surface area (Å²) in [4.78, 5) is 17.0. The molecule has 1 unspecified atom stereocenters. The zero-order chi connectivity index (χ0) is 17.2. The summed E-state index contributed by atoms with van der Waals surface area (Å²) in [5.41, 5.74) is 6.19. The second-order valence-electron chi connectivity index (χ2n) is 6.35. The molecule has 0 radical (unpaired) electrons. The number of amides is 1. The van der Waals surface area contributed by atoms with Gasteiger partial charge in [-0.1, -0.05) is 29.6 Å². The van der Waals surface area contributed by atoms with Crippen molar-refractivity contribution in [3.63, 3.8) is 0 Å². The summed E-state index contributed by atoms with van der Waals surface area (Å²) in [5.74, 6) is 0.823. The third-order valence-electron chi connectivity index (χ3n) is 4.70. The number of halogens is 2. The number of carbonyl (C=O) groups is 1. The molecule has 1 aliphatic carbocycles. The minimum atomic E-state index is -0.447. The lowest BCUT2D eigenvalue weighted by molar-refractivity contribution is -0.131. The predicted molar refractivity (Wildman–Crippen MR) is 98.5 cm³/mol. The number of hydrogen-bond acceptors (Lipinski definition) is 5. The smallest absolute Gasteiger partial charge is 0.257 e. The topological polar surface area (TPSA) is 94.0 Å². The van der Waals surface area contributed by atoms with Gasteiger partial charge in [0.1, 0.15) is 0 Å². The van der Waals surface area contributed by atoms with Crippen molar-refractivity contribution < 1.29 is 9.32 Å². The maximum atomic E-state index is 12.6. The summed E-state index contributed by atoms with van der Waals surface area (Å²) >= 11 is 5.88. The molecule has 1 amide bonds. The average Bonchev–Trinajstić information content (AvgIpc) is 3.25. The number of rotatable bonds is 5. The number of nitrogens with two attached hydrogens (primary N) is 1. The molecule has 8 heteroatoms. The van der Waals surface area contributed by atoms with E-state index in [0.717, 1.165) is 31.2 Å². The Morgan fingerprint density at radius 2 is 2.00 bits per heavy atom. The number of hydrogen-bond donors (Lipinski definition) is 2. The second kappa shape index (κ2) is 8.17. The van der Waals surface area contributed by atoms with E-state index in [4.69, 9.17) is 21.9 Å². The van der Waals surface area contributed by atoms with Crippen LogP contribution in [0, 0.1) is 5.41 Å². The Kier molecular flexibility index (Phi) is 6.43. The van der Waals surface area contributed by atoms with Gasteiger partial charge in [0.15, 0.2) is 5.82 Å². The van der Waals surface area contributed by atoms with Crippen molar-refractivity contribution in [3.05, 3.63) is 35.1 Å². The molecule has 0 aliphatic heterocycles. The van der Waals surface area contributed by atoms with Gasteiger partial charge in [0.2, 0.25) is 5.91 Å². The second-order valence-corrected chi connectivity index (χ2v) is 6.79. The molecule has 25 heavy (non-hydrogen) atoms. The van der Waals surface area contributed by atoms with Crippen LogP contribution in [0.25, 0.3) is 11.5 Å². The van der Waals surface area contributed by atoms with Gasteiger partial charge in [-0.2, -0.15) is 4.98 Å². The molecule has 0 saturated heterocycles. The van der Waals surface area contributed by atoms with Crippen LogP contribution in [-0.2, 0) is 4.79 Å². The van der Waals surface area contributed by atoms with Gasteiger partial charge in [0.25, 0.3) is 5.89 Å². The highest BCUT2D eigenvalue weighted by Crippen LogP contribution is 2.37. The lowest BCUT2D eigenvalue weighted by Crippen LogP contribution is -2.45. The minimum Gasteiger partial charge on any atom is -0.346 e. The standard InChI is InChI=1S/C17H21ClN4O2.ClH/c1-11(20-16(23)17(10-19)8-2-3-9-17)14-21-15(24-22-14)12-4-6-13(18)7-5-12;/h4-7,11H,2-3,8-10,19H2,1H3,(H,20,23);1H. The molecular weight excluding hydrogens is 363 g/mol. The fourth-order valence-corrected chi connectivity index (χ4v) is 3.24. The molecule has 1 atom stereocenters. The molecule has 6 nitrogen and oxygen atoms in total. The van der Waals surface area contributed by atoms with Gasteiger partial charge in [-0.15, -0.1) is 12.4 Å². The zero-order valence-corrected chi connectivity index (χ0v) is 15.6. The van der Waals surface area contributed by atoms with E-state index in [1.54, 1.807) is 12.1 Å². The molecule has 1 aromatic heterocycles. The summed E-state index contributed by atoms with van der Waals surface area (Å²) in [5, 5.41) is 7.60. The quantitative estimate of drug-likeness (QED) is 0.822. The van der Waals surface area contributed by atoms with Crippen molar-refractivity contribution in [1.82, 2.24) is 15.5 Å². The molecular formula is C17H22Cl2N4O2. The van der Waals surface area contributed by atoms with Gasteiger partial charge >= 0.3 is 0 Å². The minimum absolute atomic E-state index is 0. The molecule has 1 aromatic carbocycles. The van der Waals surface area contributed by atoms with E-state index in [0.29, 0.717) is 23.3 Å². The lowest BCUT2D eigenvalue weighted by Gasteiger charge is -2.27. The average molecular weight is 385 g/mol. The molecule has 0 spiro atoms. The van der Waals surface area contributed by atoms with Crippen LogP contribution in [0.15, 0.2) is 28.8 Å². The Bertz CT molecular complexity index is 712. The van der Waals surface area contributed by atoms with Crippen LogP contribution in [0.3, 0.4) is 0 Å². The first-order chi connectivity index (χ1) is 11.5. The van der Waals surface area contributed by atoms with Gasteiger partial charge in [-0.05, 0) is 44.0 Å². The van der Waals surface area contributed by atoms with Crippen molar-refractivity contribution in [1.29, 1.82) is 0 Å². The van der Waals surface area contributed by atoms with E-state index in [1.807, 2.05) is 19.1 Å². The summed E-state index contributed by atoms with van der Waals surface area (Å²) in [6.45, 7) is 2.21. The highest BCUT2D eigenvalue weighted by Gasteiger charge is 2.40. The number of aromatic nitrogens is 2. The number of nitrogens with one attached hydrogen (secondary N) is 1. The summed E-state index contributed by atoms with van der Waals surface area (Å²) < 4.78 is 5.29. The first-order valence-corrected chi connectivity index (χ1v) is 8.52. The Labute approximate surface area is 157 Å². The molecule has 0 bridgehead atoms. The van der Waals surface area contributed by atoms with Crippen LogP contribution >= 0.6 is 24.0 Å². The third kappa shape index (κ3) is 4.14. The summed E-state index contributed by atoms with van der Waals surface area (Å²) in [6, 6.07) is 6.80. The van der Waals surface area contributed by atoms with Crippen molar-refractivity contribution in [2.75, 3.05) is 6.54 Å². The molecule has 136 valence electrons. The Morgan fingerprint density at radius 1 is 1.36 bits per heavy atom. The SMILES string of the molecule is CC(NC(=O)C1(CN)CCCC1)c1noc(-c2ccc(Cl)cc2)n1.Cl. The highest BCUT2D eigenvalue weighted by atomic mass is 35.5. The van der Waals surface area contributed by atoms with E-state index in [-0.39, 0.29) is 24.4 Å². The van der Waals surface area contributed by atoms with Gasteiger partial charge in [-0.3, -0.25) is 4.79 Å². The first-order valence-electron chi connectivity index (χ1n) is 8.15. The van der Waals surface area contributed by atoms with E-state index in [2.05, 4.69) is 15.5 Å². The van der Waals surface area contributed by atoms with Crippen LogP contribution in [0.5, 0.6) is 0 Å². The predicted octanol–water partition coefficient (Wildman–Crippen LogP) is 3.51. The summed E-state index contributed by atoms with van der Waals surface area (Å²) in [7, 11) is 0. The molecule has 1 heterocycles. The largest absolute Gasteiger partial charge is 0.346 e. The van der Waals surface area contributed by atoms with E-state index in [1.165, 1.54) is 0 Å². The van der Waals surface area contributed by atoms with E-state index in [9.17, 15) is 4.79 Å². The van der Waals surface area contributed by atoms with Crippen LogP contribution in [0.2, 0.25) is 5.02 Å². The molecule has 1 saturated carbocycles. The Balaban J connectivity index is 0.00000225. The molecule has 2 aromatic rings. The third-order valence-corrected chi connectivity index (χ3v) is 4.95. The number of carbonyl (C=O) groups excluding carboxylic acids is 1. The zero-order valence-electron chi connectivity index (χ0n) is 14.0. The van der Waals surface area contributed by atoms with Crippen molar-refractivity contribution in [2.24, 2.45) is 11.1 Å². The number of nitrogens with zero attached hydrogens (tertiary/aromatic N) is 2. The van der Waals surface area contributed by atoms with Crippen molar-refractivity contribution >= 4 is 29.9 Å². The van der Waals surface area contributed by atoms with Gasteiger partial charge in [-0.25, -0.2) is 0 Å². The number of benzene rings is 1. The van der Waals surface area contributed by atoms with Gasteiger partial charge in [0, 0.05) is 17.1 Å². The molecule has 1 aliphatic rings. The summed E-state index contributed by atoms with van der Waals surface area (Å²) in [6.07, 6.45) is 3.76. The lowest BCUT2D eigenvalue weighted by atomic mass is 9.85. The maximum absolute atomic E-state index is 12.6. The van der Waals surface area contributed by atoms with E-state index < -0.39 is 5.41 Å². The van der Waals surface area contributed by atoms with Crippen LogP contribution < -0.4 is 11.1 Å². The molecule has 1 fully saturated rings. The van der Waals surface area contributed by atoms with Gasteiger partial charge < -0.3 is 15.6 Å². The molecule has 3 N–H and O–H groups in total. The van der Waals surface area contributed by atoms with Crippen LogP contribution in [0.1, 0.15) is 44.5 Å². The fraction of sp³-hybridized carbons (Fsp3) is 0.471. The van der Waals surface area contributed by atoms with Crippen molar-refractivity contribution in [3.8, 4) is 11.5 Å². The van der Waals surface area contributed by atoms with Crippen molar-refractivity contribution in [2.45, 2.75) is 38.6 Å². The maximum Gasteiger partial charge on any atom is 0.257 e. The molecule has 3 rings (SSSR count). The van der Waals surface area contributed by atoms with E-state index >= 15 is 0 Å². The monoisotopic (exact) mass is 384 g/mol. The van der Waals surface area contributed by atoms with Crippen LogP contribution in [-0.4, -0.2) is 22.6 Å². The fourth-order valence-electron chi connectivity index (χ4n) is 3.11. The van der Waals surface area contributed by atoms with Crippen LogP contribution in [0.4, 0.5) is 0 Å². The Morgan fingerprint density at radius 3 is 2.60 bits per heavy atom.